The van der Waals surface area contributed by atoms with Crippen molar-refractivity contribution in [1.82, 2.24) is 0 Å². The Kier molecular flexibility index (Phi) is 4.11. The maximum atomic E-state index is 12.3. The third-order valence-electron chi connectivity index (χ3n) is 2.32. The maximum absolute atomic E-state index is 12.3. The van der Waals surface area contributed by atoms with Crippen molar-refractivity contribution in [2.75, 3.05) is 0 Å². The lowest BCUT2D eigenvalue weighted by molar-refractivity contribution is -0.149. The van der Waals surface area contributed by atoms with Gasteiger partial charge in [-0.15, -0.1) is 0 Å². The minimum absolute atomic E-state index is 0.0309. The maximum Gasteiger partial charge on any atom is 0.407 e. The second-order valence-electron chi connectivity index (χ2n) is 3.65. The average Bonchev–Trinajstić information content (AvgIpc) is 2.25. The van der Waals surface area contributed by atoms with Crippen molar-refractivity contribution < 1.29 is 23.1 Å². The summed E-state index contributed by atoms with van der Waals surface area (Å²) in [6.07, 6.45) is -4.23. The zero-order valence-electron chi connectivity index (χ0n) is 8.87. The van der Waals surface area contributed by atoms with Crippen molar-refractivity contribution in [3.05, 3.63) is 35.4 Å². The molecule has 0 aliphatic carbocycles. The van der Waals surface area contributed by atoms with Crippen molar-refractivity contribution in [1.29, 1.82) is 0 Å². The molecule has 0 aliphatic rings. The van der Waals surface area contributed by atoms with E-state index in [9.17, 15) is 18.0 Å². The van der Waals surface area contributed by atoms with Crippen molar-refractivity contribution in [3.63, 3.8) is 0 Å². The molecule has 0 amide bonds. The number of benzene rings is 1. The summed E-state index contributed by atoms with van der Waals surface area (Å²) in [7, 11) is 0. The summed E-state index contributed by atoms with van der Waals surface area (Å²) in [5, 5.41) is 8.46. The topological polar surface area (TPSA) is 63.3 Å². The molecule has 0 aromatic heterocycles. The van der Waals surface area contributed by atoms with Gasteiger partial charge in [-0.25, -0.2) is 0 Å². The van der Waals surface area contributed by atoms with E-state index in [1.165, 1.54) is 24.3 Å². The third-order valence-corrected chi connectivity index (χ3v) is 2.32. The van der Waals surface area contributed by atoms with Gasteiger partial charge >= 0.3 is 12.1 Å². The third kappa shape index (κ3) is 4.07. The Hall–Kier alpha value is -1.56. The largest absolute Gasteiger partial charge is 0.481 e. The number of nitrogens with two attached hydrogens (primary N) is 1. The Labute approximate surface area is 96.0 Å². The first kappa shape index (κ1) is 13.5. The van der Waals surface area contributed by atoms with Crippen LogP contribution in [0, 0.1) is 0 Å². The zero-order valence-corrected chi connectivity index (χ0v) is 8.87. The highest BCUT2D eigenvalue weighted by Crippen LogP contribution is 2.30. The predicted molar refractivity (Wildman–Crippen MR) is 55.4 cm³/mol. The summed E-state index contributed by atoms with van der Waals surface area (Å²) >= 11 is 0. The number of carboxylic acid groups (broad SMARTS) is 1. The summed E-state index contributed by atoms with van der Waals surface area (Å²) < 4.78 is 36.9. The van der Waals surface area contributed by atoms with Gasteiger partial charge in [0.05, 0.1) is 0 Å². The van der Waals surface area contributed by atoms with Gasteiger partial charge in [-0.1, -0.05) is 24.3 Å². The fourth-order valence-corrected chi connectivity index (χ4v) is 1.33. The second-order valence-corrected chi connectivity index (χ2v) is 3.65. The molecule has 0 bridgehead atoms. The van der Waals surface area contributed by atoms with Crippen LogP contribution < -0.4 is 5.73 Å². The minimum atomic E-state index is -4.47. The number of hydrogen-bond acceptors (Lipinski definition) is 2. The molecule has 3 nitrogen and oxygen atoms in total. The summed E-state index contributed by atoms with van der Waals surface area (Å²) in [4.78, 5) is 10.3. The number of hydrogen-bond donors (Lipinski definition) is 2. The molecule has 0 aliphatic heterocycles. The van der Waals surface area contributed by atoms with E-state index in [-0.39, 0.29) is 18.4 Å². The molecule has 1 aromatic rings. The highest BCUT2D eigenvalue weighted by atomic mass is 19.4. The standard InChI is InChI=1S/C11H12F3NO2/c12-11(13,14)10(15)8-4-1-7(2-5-8)3-6-9(16)17/h1-2,4-5,10H,3,6,15H2,(H,16,17)/t10-/m1/s1. The lowest BCUT2D eigenvalue weighted by Gasteiger charge is -2.15. The predicted octanol–water partition coefficient (Wildman–Crippen LogP) is 2.27. The van der Waals surface area contributed by atoms with E-state index in [0.29, 0.717) is 5.56 Å². The monoisotopic (exact) mass is 247 g/mol. The molecule has 17 heavy (non-hydrogen) atoms. The highest BCUT2D eigenvalue weighted by molar-refractivity contribution is 5.67. The Morgan fingerprint density at radius 3 is 2.24 bits per heavy atom. The van der Waals surface area contributed by atoms with E-state index in [1.807, 2.05) is 0 Å². The van der Waals surface area contributed by atoms with Gasteiger partial charge in [0, 0.05) is 6.42 Å². The van der Waals surface area contributed by atoms with E-state index >= 15 is 0 Å². The number of carboxylic acids is 1. The van der Waals surface area contributed by atoms with Gasteiger partial charge in [-0.3, -0.25) is 4.79 Å². The van der Waals surface area contributed by atoms with Crippen LogP contribution >= 0.6 is 0 Å². The van der Waals surface area contributed by atoms with Gasteiger partial charge in [-0.05, 0) is 17.5 Å². The minimum Gasteiger partial charge on any atom is -0.481 e. The first-order valence-electron chi connectivity index (χ1n) is 4.93. The van der Waals surface area contributed by atoms with Crippen LogP contribution in [-0.2, 0) is 11.2 Å². The summed E-state index contributed by atoms with van der Waals surface area (Å²) in [5.74, 6) is -0.943. The molecule has 0 fully saturated rings. The number of alkyl halides is 3. The molecule has 0 spiro atoms. The van der Waals surface area contributed by atoms with Gasteiger partial charge in [0.2, 0.25) is 0 Å². The Morgan fingerprint density at radius 1 is 1.29 bits per heavy atom. The van der Waals surface area contributed by atoms with Crippen LogP contribution in [0.4, 0.5) is 13.2 Å². The van der Waals surface area contributed by atoms with Crippen LogP contribution in [0.2, 0.25) is 0 Å². The molecule has 3 N–H and O–H groups in total. The normalized spacial score (nSPS) is 13.4. The van der Waals surface area contributed by atoms with Crippen LogP contribution in [0.25, 0.3) is 0 Å². The van der Waals surface area contributed by atoms with Crippen LogP contribution in [0.5, 0.6) is 0 Å². The van der Waals surface area contributed by atoms with Crippen molar-refractivity contribution in [2.24, 2.45) is 5.73 Å². The molecule has 0 unspecified atom stereocenters. The van der Waals surface area contributed by atoms with E-state index in [4.69, 9.17) is 10.8 Å². The number of rotatable bonds is 4. The number of aliphatic carboxylic acids is 1. The average molecular weight is 247 g/mol. The van der Waals surface area contributed by atoms with Gasteiger partial charge in [0.1, 0.15) is 6.04 Å². The van der Waals surface area contributed by atoms with Crippen molar-refractivity contribution >= 4 is 5.97 Å². The fraction of sp³-hybridized carbons (Fsp3) is 0.364. The molecule has 1 aromatic carbocycles. The number of carbonyl (C=O) groups is 1. The quantitative estimate of drug-likeness (QED) is 0.857. The molecular formula is C11H12F3NO2. The van der Waals surface area contributed by atoms with Gasteiger partial charge in [0.15, 0.2) is 0 Å². The van der Waals surface area contributed by atoms with Crippen LogP contribution in [-0.4, -0.2) is 17.3 Å². The van der Waals surface area contributed by atoms with E-state index in [0.717, 1.165) is 0 Å². The molecule has 94 valence electrons. The molecule has 0 radical (unpaired) electrons. The molecule has 0 saturated heterocycles. The lowest BCUT2D eigenvalue weighted by Crippen LogP contribution is -2.28. The van der Waals surface area contributed by atoms with Crippen molar-refractivity contribution in [2.45, 2.75) is 25.1 Å². The molecule has 0 heterocycles. The molecule has 1 rings (SSSR count). The smallest absolute Gasteiger partial charge is 0.407 e. The summed E-state index contributed by atoms with van der Waals surface area (Å²) in [6, 6.07) is 3.47. The van der Waals surface area contributed by atoms with Crippen molar-refractivity contribution in [3.8, 4) is 0 Å². The Bertz CT molecular complexity index is 387. The molecule has 0 saturated carbocycles. The first-order valence-corrected chi connectivity index (χ1v) is 4.93. The van der Waals surface area contributed by atoms with Crippen LogP contribution in [0.3, 0.4) is 0 Å². The van der Waals surface area contributed by atoms with E-state index in [2.05, 4.69) is 0 Å². The number of aryl methyl sites for hydroxylation is 1. The van der Waals surface area contributed by atoms with Crippen LogP contribution in [0.1, 0.15) is 23.6 Å². The van der Waals surface area contributed by atoms with Gasteiger partial charge in [0.25, 0.3) is 0 Å². The summed E-state index contributed by atoms with van der Waals surface area (Å²) in [6.45, 7) is 0. The van der Waals surface area contributed by atoms with E-state index in [1.54, 1.807) is 0 Å². The second kappa shape index (κ2) is 5.18. The lowest BCUT2D eigenvalue weighted by atomic mass is 10.0. The summed E-state index contributed by atoms with van der Waals surface area (Å²) in [5.41, 5.74) is 5.67. The first-order chi connectivity index (χ1) is 7.80. The van der Waals surface area contributed by atoms with Gasteiger partial charge in [-0.2, -0.15) is 13.2 Å². The zero-order chi connectivity index (χ0) is 13.1. The van der Waals surface area contributed by atoms with Gasteiger partial charge < -0.3 is 10.8 Å². The Morgan fingerprint density at radius 2 is 1.82 bits per heavy atom. The molecular weight excluding hydrogens is 235 g/mol. The molecule has 6 heteroatoms. The van der Waals surface area contributed by atoms with E-state index < -0.39 is 18.2 Å². The fourth-order valence-electron chi connectivity index (χ4n) is 1.33. The highest BCUT2D eigenvalue weighted by Gasteiger charge is 2.37. The SMILES string of the molecule is N[C@H](c1ccc(CCC(=O)O)cc1)C(F)(F)F. The van der Waals surface area contributed by atoms with Crippen LogP contribution in [0.15, 0.2) is 24.3 Å². The molecule has 1 atom stereocenters. The number of halogens is 3. The Balaban J connectivity index is 2.71.